The van der Waals surface area contributed by atoms with Gasteiger partial charge in [0.05, 0.1) is 5.56 Å². The molecule has 7 heteroatoms. The Morgan fingerprint density at radius 3 is 2.09 bits per heavy atom. The quantitative estimate of drug-likeness (QED) is 0.598. The van der Waals surface area contributed by atoms with Crippen molar-refractivity contribution in [2.75, 3.05) is 0 Å². The monoisotopic (exact) mass is 322 g/mol. The Bertz CT molecular complexity index is 506. The molecular weight excluding hydrogens is 307 g/mol. The van der Waals surface area contributed by atoms with E-state index < -0.39 is 30.1 Å². The number of ether oxygens (including phenoxy) is 1. The van der Waals surface area contributed by atoms with Crippen molar-refractivity contribution in [2.24, 2.45) is 5.92 Å². The molecule has 0 N–H and O–H groups in total. The van der Waals surface area contributed by atoms with Crippen LogP contribution in [0.3, 0.4) is 0 Å². The van der Waals surface area contributed by atoms with Crippen molar-refractivity contribution in [3.8, 4) is 0 Å². The zero-order chi connectivity index (χ0) is 16.4. The van der Waals surface area contributed by atoms with Crippen LogP contribution in [0.15, 0.2) is 30.3 Å². The fraction of sp³-hybridized carbons (Fsp3) is 0.533. The van der Waals surface area contributed by atoms with Gasteiger partial charge in [-0.2, -0.15) is 13.2 Å². The molecule has 2 rings (SSSR count). The number of carbonyl (C=O) groups is 1. The number of carbonyl (C=O) groups excluding carboxylic acids is 1. The van der Waals surface area contributed by atoms with E-state index >= 15 is 0 Å². The van der Waals surface area contributed by atoms with Crippen molar-refractivity contribution >= 4 is 5.97 Å². The van der Waals surface area contributed by atoms with Crippen molar-refractivity contribution in [3.05, 3.63) is 35.9 Å². The van der Waals surface area contributed by atoms with Gasteiger partial charge in [0.2, 0.25) is 0 Å². The molecule has 0 radical (unpaired) electrons. The van der Waals surface area contributed by atoms with E-state index in [0.29, 0.717) is 12.8 Å². The number of halogens is 5. The van der Waals surface area contributed by atoms with E-state index in [-0.39, 0.29) is 18.4 Å². The highest BCUT2D eigenvalue weighted by molar-refractivity contribution is 5.89. The van der Waals surface area contributed by atoms with Crippen molar-refractivity contribution in [1.82, 2.24) is 0 Å². The van der Waals surface area contributed by atoms with E-state index in [1.54, 1.807) is 6.07 Å². The minimum absolute atomic E-state index is 0.00245. The minimum Gasteiger partial charge on any atom is -0.442 e. The van der Waals surface area contributed by atoms with E-state index in [1.807, 2.05) is 0 Å². The lowest BCUT2D eigenvalue weighted by molar-refractivity contribution is -0.280. The number of benzene rings is 1. The molecule has 0 aliphatic heterocycles. The van der Waals surface area contributed by atoms with Crippen molar-refractivity contribution in [2.45, 2.75) is 43.9 Å². The second-order valence-corrected chi connectivity index (χ2v) is 5.35. The summed E-state index contributed by atoms with van der Waals surface area (Å²) in [6.07, 6.45) is -7.83. The average Bonchev–Trinajstić information content (AvgIpc) is 2.99. The topological polar surface area (TPSA) is 26.3 Å². The van der Waals surface area contributed by atoms with Crippen LogP contribution in [0.4, 0.5) is 22.0 Å². The molecular formula is C15H15F5O2. The summed E-state index contributed by atoms with van der Waals surface area (Å²) in [5.74, 6) is -6.94. The smallest absolute Gasteiger partial charge is 0.431 e. The molecule has 1 aromatic carbocycles. The van der Waals surface area contributed by atoms with E-state index in [0.717, 1.165) is 0 Å². The normalized spacial score (nSPS) is 18.2. The van der Waals surface area contributed by atoms with E-state index in [1.165, 1.54) is 24.3 Å². The molecule has 1 saturated carbocycles. The lowest BCUT2D eigenvalue weighted by Gasteiger charge is -2.32. The van der Waals surface area contributed by atoms with Gasteiger partial charge in [0, 0.05) is 5.92 Å². The SMILES string of the molecule is O=C(OC(C(F)(F)F)C(F)(F)C1CCCC1)c1ccccc1. The second kappa shape index (κ2) is 6.22. The van der Waals surface area contributed by atoms with Crippen LogP contribution in [0.25, 0.3) is 0 Å². The fourth-order valence-electron chi connectivity index (χ4n) is 2.64. The predicted molar refractivity (Wildman–Crippen MR) is 68.6 cm³/mol. The zero-order valence-electron chi connectivity index (χ0n) is 11.6. The Labute approximate surface area is 124 Å². The maximum atomic E-state index is 14.2. The maximum absolute atomic E-state index is 14.2. The van der Waals surface area contributed by atoms with Crippen LogP contribution < -0.4 is 0 Å². The third-order valence-corrected chi connectivity index (χ3v) is 3.78. The first-order valence-electron chi connectivity index (χ1n) is 6.93. The Hall–Kier alpha value is -1.66. The summed E-state index contributed by atoms with van der Waals surface area (Å²) in [4.78, 5) is 11.7. The van der Waals surface area contributed by atoms with Crippen molar-refractivity contribution in [1.29, 1.82) is 0 Å². The average molecular weight is 322 g/mol. The molecule has 0 aromatic heterocycles. The Kier molecular flexibility index (Phi) is 4.72. The molecule has 0 amide bonds. The summed E-state index contributed by atoms with van der Waals surface area (Å²) in [6, 6.07) is 6.79. The van der Waals surface area contributed by atoms with Gasteiger partial charge in [-0.05, 0) is 25.0 Å². The number of alkyl halides is 5. The molecule has 1 aromatic rings. The maximum Gasteiger partial charge on any atom is 0.431 e. The van der Waals surface area contributed by atoms with Crippen LogP contribution in [0, 0.1) is 5.92 Å². The molecule has 2 nitrogen and oxygen atoms in total. The van der Waals surface area contributed by atoms with E-state index in [4.69, 9.17) is 0 Å². The van der Waals surface area contributed by atoms with Gasteiger partial charge >= 0.3 is 12.1 Å². The molecule has 0 saturated heterocycles. The number of hydrogen-bond acceptors (Lipinski definition) is 2. The van der Waals surface area contributed by atoms with Gasteiger partial charge in [-0.15, -0.1) is 0 Å². The second-order valence-electron chi connectivity index (χ2n) is 5.35. The molecule has 0 bridgehead atoms. The van der Waals surface area contributed by atoms with Gasteiger partial charge in [0.1, 0.15) is 0 Å². The molecule has 1 unspecified atom stereocenters. The summed E-state index contributed by atoms with van der Waals surface area (Å²) in [7, 11) is 0. The van der Waals surface area contributed by atoms with E-state index in [9.17, 15) is 26.7 Å². The Morgan fingerprint density at radius 2 is 1.59 bits per heavy atom. The highest BCUT2D eigenvalue weighted by Crippen LogP contribution is 2.45. The molecule has 1 aliphatic carbocycles. The summed E-state index contributed by atoms with van der Waals surface area (Å²) in [6.45, 7) is 0. The summed E-state index contributed by atoms with van der Waals surface area (Å²) in [5.41, 5.74) is -0.195. The van der Waals surface area contributed by atoms with Crippen LogP contribution in [0.5, 0.6) is 0 Å². The fourth-order valence-corrected chi connectivity index (χ4v) is 2.64. The van der Waals surface area contributed by atoms with Gasteiger partial charge < -0.3 is 4.74 Å². The van der Waals surface area contributed by atoms with Gasteiger partial charge in [0.25, 0.3) is 12.0 Å². The van der Waals surface area contributed by atoms with Gasteiger partial charge in [-0.3, -0.25) is 0 Å². The van der Waals surface area contributed by atoms with Crippen LogP contribution in [-0.4, -0.2) is 24.2 Å². The number of esters is 1. The Morgan fingerprint density at radius 1 is 1.05 bits per heavy atom. The van der Waals surface area contributed by atoms with Gasteiger partial charge in [-0.1, -0.05) is 31.0 Å². The zero-order valence-corrected chi connectivity index (χ0v) is 11.6. The van der Waals surface area contributed by atoms with Crippen LogP contribution in [-0.2, 0) is 4.74 Å². The third kappa shape index (κ3) is 3.56. The number of rotatable bonds is 4. The molecule has 0 spiro atoms. The lowest BCUT2D eigenvalue weighted by atomic mass is 9.94. The summed E-state index contributed by atoms with van der Waals surface area (Å²) >= 11 is 0. The first kappa shape index (κ1) is 16.7. The molecule has 22 heavy (non-hydrogen) atoms. The van der Waals surface area contributed by atoms with Crippen molar-refractivity contribution < 1.29 is 31.5 Å². The highest BCUT2D eigenvalue weighted by Gasteiger charge is 2.62. The summed E-state index contributed by atoms with van der Waals surface area (Å²) < 4.78 is 71.5. The van der Waals surface area contributed by atoms with Gasteiger partial charge in [0.15, 0.2) is 0 Å². The third-order valence-electron chi connectivity index (χ3n) is 3.78. The molecule has 0 heterocycles. The first-order chi connectivity index (χ1) is 10.2. The number of hydrogen-bond donors (Lipinski definition) is 0. The highest BCUT2D eigenvalue weighted by atomic mass is 19.4. The van der Waals surface area contributed by atoms with Crippen molar-refractivity contribution in [3.63, 3.8) is 0 Å². The minimum atomic E-state index is -5.32. The molecule has 1 aliphatic rings. The molecule has 1 fully saturated rings. The lowest BCUT2D eigenvalue weighted by Crippen LogP contribution is -2.51. The molecule has 1 atom stereocenters. The summed E-state index contributed by atoms with van der Waals surface area (Å²) in [5, 5.41) is 0. The van der Waals surface area contributed by atoms with Crippen LogP contribution in [0.2, 0.25) is 0 Å². The molecule has 122 valence electrons. The van der Waals surface area contributed by atoms with E-state index in [2.05, 4.69) is 4.74 Å². The predicted octanol–water partition coefficient (Wildman–Crippen LogP) is 4.60. The first-order valence-corrected chi connectivity index (χ1v) is 6.93. The standard InChI is InChI=1S/C15H15F5O2/c16-14(17,11-8-4-5-9-11)13(15(18,19)20)22-12(21)10-6-2-1-3-7-10/h1-3,6-7,11,13H,4-5,8-9H2. The van der Waals surface area contributed by atoms with Crippen LogP contribution >= 0.6 is 0 Å². The Balaban J connectivity index is 2.22. The van der Waals surface area contributed by atoms with Crippen LogP contribution in [0.1, 0.15) is 36.0 Å². The van der Waals surface area contributed by atoms with Gasteiger partial charge in [-0.25, -0.2) is 13.6 Å². The largest absolute Gasteiger partial charge is 0.442 e.